The van der Waals surface area contributed by atoms with Crippen molar-refractivity contribution in [3.63, 3.8) is 0 Å². The quantitative estimate of drug-likeness (QED) is 0.0740. The number of carbonyl (C=O) groups is 1. The molecule has 19 nitrogen and oxygen atoms in total. The molecule has 0 aromatic heterocycles. The van der Waals surface area contributed by atoms with Gasteiger partial charge in [0.15, 0.2) is 18.0 Å². The first-order valence-corrected chi connectivity index (χ1v) is 18.3. The number of aromatic hydroxyl groups is 1. The number of fused-ring (bicyclic) bond motifs is 2. The van der Waals surface area contributed by atoms with Crippen molar-refractivity contribution in [2.45, 2.75) is 98.2 Å². The highest BCUT2D eigenvalue weighted by atomic mass is 16.7. The van der Waals surface area contributed by atoms with Gasteiger partial charge in [-0.25, -0.2) is 0 Å². The SMILES string of the molecule is NC1C[C@H](N)C(OC2OC(CO)C(O)C(N)C2O)C(O)C1OC1OC(CNC(=O)c2ccccc2-c2c3ccc(=O)cc-3oc3ccc(O)cc23)C(O)C(O)C1O. The Morgan fingerprint density at radius 2 is 1.42 bits per heavy atom. The van der Waals surface area contributed by atoms with Crippen molar-refractivity contribution in [2.75, 3.05) is 13.2 Å². The van der Waals surface area contributed by atoms with Crippen molar-refractivity contribution in [1.82, 2.24) is 5.32 Å². The first kappa shape index (κ1) is 41.0. The van der Waals surface area contributed by atoms with Crippen LogP contribution in [0.1, 0.15) is 16.8 Å². The maximum absolute atomic E-state index is 13.9. The number of aliphatic hydroxyl groups is 7. The fourth-order valence-corrected chi connectivity index (χ4v) is 7.71. The summed E-state index contributed by atoms with van der Waals surface area (Å²) in [6.07, 6.45) is -18.6. The van der Waals surface area contributed by atoms with Crippen molar-refractivity contribution < 1.29 is 69.0 Å². The molecule has 3 aliphatic heterocycles. The zero-order chi connectivity index (χ0) is 40.9. The molecule has 3 fully saturated rings. The van der Waals surface area contributed by atoms with Crippen LogP contribution >= 0.6 is 0 Å². The summed E-state index contributed by atoms with van der Waals surface area (Å²) < 4.78 is 29.1. The lowest BCUT2D eigenvalue weighted by Crippen LogP contribution is -2.68. The summed E-state index contributed by atoms with van der Waals surface area (Å²) in [7, 11) is 0. The average molecular weight is 799 g/mol. The minimum Gasteiger partial charge on any atom is -0.508 e. The lowest BCUT2D eigenvalue weighted by atomic mass is 9.84. The van der Waals surface area contributed by atoms with E-state index in [2.05, 4.69) is 5.32 Å². The lowest BCUT2D eigenvalue weighted by Gasteiger charge is -2.48. The number of rotatable bonds is 9. The van der Waals surface area contributed by atoms with Crippen LogP contribution in [0.25, 0.3) is 33.4 Å². The molecule has 0 radical (unpaired) electrons. The van der Waals surface area contributed by atoms with Crippen LogP contribution in [0.4, 0.5) is 0 Å². The minimum absolute atomic E-state index is 0.0159. The molecule has 1 saturated carbocycles. The molecule has 1 amide bonds. The van der Waals surface area contributed by atoms with Gasteiger partial charge in [-0.1, -0.05) is 18.2 Å². The summed E-state index contributed by atoms with van der Waals surface area (Å²) in [6, 6.07) is 12.1. The molecule has 7 rings (SSSR count). The van der Waals surface area contributed by atoms with Crippen LogP contribution in [0.2, 0.25) is 0 Å². The molecule has 14 unspecified atom stereocenters. The molecule has 19 heteroatoms. The summed E-state index contributed by atoms with van der Waals surface area (Å²) in [4.78, 5) is 26.1. The van der Waals surface area contributed by atoms with Crippen LogP contribution < -0.4 is 27.9 Å². The van der Waals surface area contributed by atoms with E-state index < -0.39 is 111 Å². The molecule has 2 aliphatic carbocycles. The van der Waals surface area contributed by atoms with Gasteiger partial charge in [0.05, 0.1) is 12.6 Å². The van der Waals surface area contributed by atoms with Gasteiger partial charge in [0, 0.05) is 46.8 Å². The molecule has 5 aliphatic rings. The van der Waals surface area contributed by atoms with E-state index in [0.29, 0.717) is 27.7 Å². The smallest absolute Gasteiger partial charge is 0.252 e. The van der Waals surface area contributed by atoms with E-state index in [-0.39, 0.29) is 28.9 Å². The second kappa shape index (κ2) is 16.6. The second-order valence-electron chi connectivity index (χ2n) is 14.6. The monoisotopic (exact) mass is 798 g/mol. The number of nitrogens with two attached hydrogens (primary N) is 3. The zero-order valence-corrected chi connectivity index (χ0v) is 30.2. The highest BCUT2D eigenvalue weighted by Crippen LogP contribution is 2.42. The number of phenols is 1. The number of aliphatic hydroxyl groups excluding tert-OH is 7. The number of benzene rings is 3. The van der Waals surface area contributed by atoms with Gasteiger partial charge in [0.1, 0.15) is 78.1 Å². The Labute approximate surface area is 324 Å². The fourth-order valence-electron chi connectivity index (χ4n) is 7.71. The van der Waals surface area contributed by atoms with E-state index >= 15 is 0 Å². The van der Waals surface area contributed by atoms with Crippen molar-refractivity contribution in [3.05, 3.63) is 76.5 Å². The van der Waals surface area contributed by atoms with Gasteiger partial charge in [-0.05, 0) is 48.4 Å². The first-order valence-electron chi connectivity index (χ1n) is 18.3. The number of phenolic OH excluding ortho intramolecular Hbond substituents is 1. The fraction of sp³-hybridized carbons (Fsp3) is 0.474. The van der Waals surface area contributed by atoms with E-state index in [1.807, 2.05) is 0 Å². The van der Waals surface area contributed by atoms with Gasteiger partial charge >= 0.3 is 0 Å². The summed E-state index contributed by atoms with van der Waals surface area (Å²) in [5.74, 6) is -0.443. The molecule has 308 valence electrons. The number of hydrogen-bond donors (Lipinski definition) is 12. The second-order valence-corrected chi connectivity index (χ2v) is 14.6. The molecule has 0 spiro atoms. The highest BCUT2D eigenvalue weighted by molar-refractivity contribution is 6.09. The minimum atomic E-state index is -1.86. The Balaban J connectivity index is 1.08. The van der Waals surface area contributed by atoms with Gasteiger partial charge in [0.2, 0.25) is 0 Å². The van der Waals surface area contributed by atoms with Crippen LogP contribution in [-0.4, -0.2) is 152 Å². The summed E-state index contributed by atoms with van der Waals surface area (Å²) in [5.41, 5.74) is 20.1. The Hall–Kier alpha value is -4.16. The first-order chi connectivity index (χ1) is 27.2. The maximum Gasteiger partial charge on any atom is 0.252 e. The van der Waals surface area contributed by atoms with Gasteiger partial charge in [-0.3, -0.25) is 9.59 Å². The maximum atomic E-state index is 13.9. The number of nitrogens with one attached hydrogen (secondary N) is 1. The predicted molar refractivity (Wildman–Crippen MR) is 197 cm³/mol. The lowest BCUT2D eigenvalue weighted by molar-refractivity contribution is -0.332. The van der Waals surface area contributed by atoms with Crippen molar-refractivity contribution >= 4 is 16.9 Å². The van der Waals surface area contributed by atoms with Crippen molar-refractivity contribution in [3.8, 4) is 28.2 Å². The number of amides is 1. The topological polar surface area (TPSA) is 336 Å². The molecule has 3 heterocycles. The molecule has 15 N–H and O–H groups in total. The molecule has 57 heavy (non-hydrogen) atoms. The Morgan fingerprint density at radius 3 is 2.12 bits per heavy atom. The van der Waals surface area contributed by atoms with E-state index in [4.69, 9.17) is 40.6 Å². The van der Waals surface area contributed by atoms with Gasteiger partial charge in [0.25, 0.3) is 5.91 Å². The Morgan fingerprint density at radius 1 is 0.754 bits per heavy atom. The molecule has 2 aromatic carbocycles. The van der Waals surface area contributed by atoms with Crippen molar-refractivity contribution in [1.29, 1.82) is 0 Å². The summed E-state index contributed by atoms with van der Waals surface area (Å²) in [6.45, 7) is -1.06. The molecule has 2 saturated heterocycles. The Kier molecular flexibility index (Phi) is 11.9. The Bertz CT molecular complexity index is 2090. The summed E-state index contributed by atoms with van der Waals surface area (Å²) in [5, 5.41) is 87.9. The molecule has 15 atom stereocenters. The van der Waals surface area contributed by atoms with Gasteiger partial charge in [-0.2, -0.15) is 0 Å². The number of carbonyl (C=O) groups excluding carboxylic acids is 1. The predicted octanol–water partition coefficient (Wildman–Crippen LogP) is -3.24. The highest BCUT2D eigenvalue weighted by Gasteiger charge is 2.51. The van der Waals surface area contributed by atoms with E-state index in [0.717, 1.165) is 0 Å². The molecular formula is C38H46N4O15. The van der Waals surface area contributed by atoms with Crippen LogP contribution in [0.3, 0.4) is 0 Å². The number of hydrogen-bond acceptors (Lipinski definition) is 18. The standard InChI is InChI=1S/C38H46N4O15/c39-20-11-21(40)35(33(51)34(20)56-37-30(48)27(41)28(46)25(13-43)55-37)57-38-32(50)31(49)29(47)24(54-38)12-42-36(52)17-4-2-1-3-16(17)26-18-7-5-15(45)10-23(18)53-22-8-6-14(44)9-19(22)26/h1-10,20-21,24-25,27-35,37-38,43-44,46-51H,11-13,39-41H2,(H,42,52)/t20-,21?,24?,25?,27?,28?,29?,30?,31?,32?,33?,34?,35?,37?,38?/m0/s1. The van der Waals surface area contributed by atoms with Gasteiger partial charge in [-0.15, -0.1) is 0 Å². The van der Waals surface area contributed by atoms with Crippen molar-refractivity contribution in [2.24, 2.45) is 17.2 Å². The molecule has 2 aromatic rings. The van der Waals surface area contributed by atoms with E-state index in [1.165, 1.54) is 24.3 Å². The van der Waals surface area contributed by atoms with Crippen LogP contribution in [0.5, 0.6) is 5.75 Å². The third kappa shape index (κ3) is 7.88. The third-order valence-corrected chi connectivity index (χ3v) is 10.8. The van der Waals surface area contributed by atoms with Crippen LogP contribution in [-0.2, 0) is 18.9 Å². The van der Waals surface area contributed by atoms with Crippen LogP contribution in [0.15, 0.2) is 69.9 Å². The van der Waals surface area contributed by atoms with Gasteiger partial charge < -0.3 is 86.7 Å². The average Bonchev–Trinajstić information content (AvgIpc) is 3.19. The largest absolute Gasteiger partial charge is 0.508 e. The van der Waals surface area contributed by atoms with E-state index in [9.17, 15) is 50.4 Å². The normalized spacial score (nSPS) is 36.0. The van der Waals surface area contributed by atoms with E-state index in [1.54, 1.807) is 36.4 Å². The summed E-state index contributed by atoms with van der Waals surface area (Å²) >= 11 is 0. The molecular weight excluding hydrogens is 752 g/mol. The third-order valence-electron chi connectivity index (χ3n) is 10.8. The number of ether oxygens (including phenoxy) is 4. The zero-order valence-electron chi connectivity index (χ0n) is 30.2. The van der Waals surface area contributed by atoms with Crippen LogP contribution in [0, 0.1) is 0 Å². The molecule has 0 bridgehead atoms.